The van der Waals surface area contributed by atoms with Gasteiger partial charge in [0, 0.05) is 5.92 Å². The van der Waals surface area contributed by atoms with E-state index in [1.165, 1.54) is 0 Å². The lowest BCUT2D eigenvalue weighted by Gasteiger charge is -2.38. The molecule has 2 N–H and O–H groups in total. The van der Waals surface area contributed by atoms with Crippen molar-refractivity contribution >= 4 is 0 Å². The van der Waals surface area contributed by atoms with Crippen molar-refractivity contribution in [3.05, 3.63) is 12.2 Å². The predicted octanol–water partition coefficient (Wildman–Crippen LogP) is 2.36. The van der Waals surface area contributed by atoms with Crippen molar-refractivity contribution in [1.82, 2.24) is 0 Å². The molecule has 0 amide bonds. The van der Waals surface area contributed by atoms with Crippen molar-refractivity contribution in [2.75, 3.05) is 0 Å². The Hall–Kier alpha value is -0.340. The standard InChI is InChI=1S/C14H24O2/c1-8(2)11(15)10-9-6-7-14(5,12(10)16)13(9,3)4/h9-12,15-16H,1,6-7H2,2-5H3/t9-,10+,11+,12?,14+/m1/s1. The molecular formula is C14H24O2. The summed E-state index contributed by atoms with van der Waals surface area (Å²) in [5, 5.41) is 20.7. The monoisotopic (exact) mass is 224 g/mol. The number of fused-ring (bicyclic) bond motifs is 2. The maximum absolute atomic E-state index is 10.5. The zero-order valence-electron chi connectivity index (χ0n) is 10.8. The van der Waals surface area contributed by atoms with Crippen LogP contribution in [-0.4, -0.2) is 22.4 Å². The molecular weight excluding hydrogens is 200 g/mol. The topological polar surface area (TPSA) is 40.5 Å². The summed E-state index contributed by atoms with van der Waals surface area (Å²) in [5.41, 5.74) is 0.850. The normalized spacial score (nSPS) is 47.0. The zero-order chi connectivity index (χ0) is 12.3. The first-order chi connectivity index (χ1) is 7.23. The van der Waals surface area contributed by atoms with Gasteiger partial charge in [-0.2, -0.15) is 0 Å². The fourth-order valence-electron chi connectivity index (χ4n) is 4.13. The first kappa shape index (κ1) is 12.1. The quantitative estimate of drug-likeness (QED) is 0.707. The van der Waals surface area contributed by atoms with E-state index < -0.39 is 12.2 Å². The van der Waals surface area contributed by atoms with Crippen LogP contribution >= 0.6 is 0 Å². The van der Waals surface area contributed by atoms with Gasteiger partial charge < -0.3 is 10.2 Å². The van der Waals surface area contributed by atoms with Gasteiger partial charge in [0.15, 0.2) is 0 Å². The Balaban J connectivity index is 2.36. The maximum Gasteiger partial charge on any atom is 0.0800 e. The van der Waals surface area contributed by atoms with Gasteiger partial charge in [-0.05, 0) is 36.5 Å². The van der Waals surface area contributed by atoms with Crippen molar-refractivity contribution in [1.29, 1.82) is 0 Å². The highest BCUT2D eigenvalue weighted by Gasteiger charge is 2.66. The van der Waals surface area contributed by atoms with Crippen LogP contribution in [0.5, 0.6) is 0 Å². The molecule has 0 heterocycles. The molecule has 1 unspecified atom stereocenters. The van der Waals surface area contributed by atoms with E-state index >= 15 is 0 Å². The minimum absolute atomic E-state index is 0.0220. The van der Waals surface area contributed by atoms with Crippen LogP contribution in [0.15, 0.2) is 12.2 Å². The third-order valence-electron chi connectivity index (χ3n) is 5.73. The molecule has 0 spiro atoms. The summed E-state index contributed by atoms with van der Waals surface area (Å²) >= 11 is 0. The molecule has 2 bridgehead atoms. The van der Waals surface area contributed by atoms with Gasteiger partial charge in [-0.3, -0.25) is 0 Å². The third kappa shape index (κ3) is 1.20. The summed E-state index contributed by atoms with van der Waals surface area (Å²) < 4.78 is 0. The van der Waals surface area contributed by atoms with E-state index in [0.717, 1.165) is 18.4 Å². The Morgan fingerprint density at radius 2 is 1.94 bits per heavy atom. The molecule has 0 radical (unpaired) electrons. The SMILES string of the molecule is C=C(C)[C@H](O)[C@H]1C(O)[C@]2(C)CC[C@H]1C2(C)C. The number of aliphatic hydroxyl groups excluding tert-OH is 2. The van der Waals surface area contributed by atoms with Crippen LogP contribution in [0.25, 0.3) is 0 Å². The summed E-state index contributed by atoms with van der Waals surface area (Å²) in [6, 6.07) is 0. The Morgan fingerprint density at radius 3 is 2.31 bits per heavy atom. The van der Waals surface area contributed by atoms with E-state index in [9.17, 15) is 10.2 Å². The maximum atomic E-state index is 10.5. The summed E-state index contributed by atoms with van der Waals surface area (Å²) in [7, 11) is 0. The van der Waals surface area contributed by atoms with Gasteiger partial charge in [-0.15, -0.1) is 0 Å². The molecule has 92 valence electrons. The van der Waals surface area contributed by atoms with E-state index in [0.29, 0.717) is 5.92 Å². The van der Waals surface area contributed by atoms with Crippen LogP contribution in [0.3, 0.4) is 0 Å². The molecule has 2 nitrogen and oxygen atoms in total. The number of hydrogen-bond acceptors (Lipinski definition) is 2. The Bertz CT molecular complexity index is 321. The van der Waals surface area contributed by atoms with E-state index in [2.05, 4.69) is 27.4 Å². The number of aliphatic hydroxyl groups is 2. The highest BCUT2D eigenvalue weighted by molar-refractivity contribution is 5.19. The molecule has 2 saturated carbocycles. The average molecular weight is 224 g/mol. The fraction of sp³-hybridized carbons (Fsp3) is 0.857. The number of rotatable bonds is 2. The second-order valence-electron chi connectivity index (χ2n) is 6.60. The summed E-state index contributed by atoms with van der Waals surface area (Å²) in [4.78, 5) is 0. The Kier molecular flexibility index (Phi) is 2.52. The largest absolute Gasteiger partial charge is 0.392 e. The highest BCUT2D eigenvalue weighted by Crippen LogP contribution is 2.68. The minimum atomic E-state index is -0.554. The van der Waals surface area contributed by atoms with Crippen molar-refractivity contribution in [2.24, 2.45) is 22.7 Å². The van der Waals surface area contributed by atoms with Gasteiger partial charge in [0.05, 0.1) is 12.2 Å². The predicted molar refractivity (Wildman–Crippen MR) is 64.9 cm³/mol. The van der Waals surface area contributed by atoms with Gasteiger partial charge in [0.1, 0.15) is 0 Å². The molecule has 2 aliphatic rings. The van der Waals surface area contributed by atoms with Crippen molar-refractivity contribution in [3.8, 4) is 0 Å². The van der Waals surface area contributed by atoms with E-state index in [1.807, 2.05) is 6.92 Å². The van der Waals surface area contributed by atoms with Gasteiger partial charge >= 0.3 is 0 Å². The van der Waals surface area contributed by atoms with Gasteiger partial charge in [-0.1, -0.05) is 32.9 Å². The highest BCUT2D eigenvalue weighted by atomic mass is 16.3. The molecule has 2 rings (SSSR count). The molecule has 0 aliphatic heterocycles. The molecule has 0 aromatic rings. The molecule has 16 heavy (non-hydrogen) atoms. The molecule has 5 atom stereocenters. The van der Waals surface area contributed by atoms with E-state index in [-0.39, 0.29) is 16.7 Å². The minimum Gasteiger partial charge on any atom is -0.392 e. The molecule has 2 fully saturated rings. The Morgan fingerprint density at radius 1 is 1.38 bits per heavy atom. The van der Waals surface area contributed by atoms with Crippen LogP contribution in [0, 0.1) is 22.7 Å². The third-order valence-corrected chi connectivity index (χ3v) is 5.73. The molecule has 2 aliphatic carbocycles. The Labute approximate surface area is 98.4 Å². The fourth-order valence-corrected chi connectivity index (χ4v) is 4.13. The second kappa shape index (κ2) is 3.33. The van der Waals surface area contributed by atoms with Crippen molar-refractivity contribution < 1.29 is 10.2 Å². The molecule has 2 heteroatoms. The molecule has 0 saturated heterocycles. The van der Waals surface area contributed by atoms with Crippen molar-refractivity contribution in [3.63, 3.8) is 0 Å². The first-order valence-corrected chi connectivity index (χ1v) is 6.25. The van der Waals surface area contributed by atoms with Crippen LogP contribution in [0.4, 0.5) is 0 Å². The lowest BCUT2D eigenvalue weighted by Crippen LogP contribution is -2.41. The van der Waals surface area contributed by atoms with Gasteiger partial charge in [0.2, 0.25) is 0 Å². The molecule has 0 aromatic carbocycles. The van der Waals surface area contributed by atoms with Gasteiger partial charge in [-0.25, -0.2) is 0 Å². The zero-order valence-corrected chi connectivity index (χ0v) is 10.8. The summed E-state index contributed by atoms with van der Waals surface area (Å²) in [6.45, 7) is 12.3. The van der Waals surface area contributed by atoms with Gasteiger partial charge in [0.25, 0.3) is 0 Å². The van der Waals surface area contributed by atoms with Crippen molar-refractivity contribution in [2.45, 2.75) is 52.7 Å². The first-order valence-electron chi connectivity index (χ1n) is 6.25. The molecule has 0 aromatic heterocycles. The summed E-state index contributed by atoms with van der Waals surface area (Å²) in [6.07, 6.45) is 1.25. The number of hydrogen-bond donors (Lipinski definition) is 2. The van der Waals surface area contributed by atoms with E-state index in [1.54, 1.807) is 0 Å². The summed E-state index contributed by atoms with van der Waals surface area (Å²) in [5.74, 6) is 0.394. The van der Waals surface area contributed by atoms with Crippen LogP contribution in [-0.2, 0) is 0 Å². The lowest BCUT2D eigenvalue weighted by atomic mass is 9.70. The average Bonchev–Trinajstić information content (AvgIpc) is 2.48. The lowest BCUT2D eigenvalue weighted by molar-refractivity contribution is -0.0408. The second-order valence-corrected chi connectivity index (χ2v) is 6.60. The van der Waals surface area contributed by atoms with Crippen LogP contribution < -0.4 is 0 Å². The van der Waals surface area contributed by atoms with Crippen LogP contribution in [0.2, 0.25) is 0 Å². The smallest absolute Gasteiger partial charge is 0.0800 e. The van der Waals surface area contributed by atoms with E-state index in [4.69, 9.17) is 0 Å². The van der Waals surface area contributed by atoms with Crippen LogP contribution in [0.1, 0.15) is 40.5 Å².